The van der Waals surface area contributed by atoms with Crippen molar-refractivity contribution < 1.29 is 18.0 Å². The zero-order chi connectivity index (χ0) is 13.9. The van der Waals surface area contributed by atoms with Gasteiger partial charge in [0.2, 0.25) is 5.91 Å². The van der Waals surface area contributed by atoms with E-state index in [9.17, 15) is 18.0 Å². The third-order valence-electron chi connectivity index (χ3n) is 3.19. The normalized spacial score (nSPS) is 18.8. The molecule has 1 aliphatic rings. The topological polar surface area (TPSA) is 46.3 Å². The molecule has 3 nitrogen and oxygen atoms in total. The summed E-state index contributed by atoms with van der Waals surface area (Å²) in [6.45, 7) is 3.97. The van der Waals surface area contributed by atoms with Crippen LogP contribution in [0.5, 0.6) is 0 Å². The van der Waals surface area contributed by atoms with E-state index < -0.39 is 11.7 Å². The van der Waals surface area contributed by atoms with Gasteiger partial charge in [0.25, 0.3) is 0 Å². The minimum atomic E-state index is -4.27. The molecule has 0 aliphatic carbocycles. The summed E-state index contributed by atoms with van der Waals surface area (Å²) in [5.74, 6) is 0.00805. The van der Waals surface area contributed by atoms with Gasteiger partial charge in [-0.2, -0.15) is 13.2 Å². The molecule has 0 saturated carbocycles. The van der Waals surface area contributed by atoms with E-state index in [4.69, 9.17) is 5.73 Å². The molecule has 18 heavy (non-hydrogen) atoms. The van der Waals surface area contributed by atoms with Crippen LogP contribution in [0.4, 0.5) is 13.2 Å². The molecule has 0 bridgehead atoms. The molecule has 0 radical (unpaired) electrons. The van der Waals surface area contributed by atoms with E-state index in [1.807, 2.05) is 13.8 Å². The molecule has 0 spiro atoms. The Kier molecular flexibility index (Phi) is 4.78. The largest absolute Gasteiger partial charge is 0.412 e. The molecule has 1 heterocycles. The van der Waals surface area contributed by atoms with E-state index in [1.165, 1.54) is 4.90 Å². The smallest absolute Gasteiger partial charge is 0.339 e. The SMILES string of the molecule is CC(C)C(N)CC(=O)N1CC=C(C(F)(F)F)CC1. The van der Waals surface area contributed by atoms with E-state index in [0.717, 1.165) is 6.08 Å². The molecule has 0 aromatic rings. The van der Waals surface area contributed by atoms with Crippen molar-refractivity contribution in [3.63, 3.8) is 0 Å². The van der Waals surface area contributed by atoms with Gasteiger partial charge in [0.15, 0.2) is 0 Å². The number of nitrogens with zero attached hydrogens (tertiary/aromatic N) is 1. The number of amides is 1. The van der Waals surface area contributed by atoms with Gasteiger partial charge < -0.3 is 10.6 Å². The molecule has 6 heteroatoms. The number of halogens is 3. The molecule has 104 valence electrons. The van der Waals surface area contributed by atoms with Crippen LogP contribution in [0.1, 0.15) is 26.7 Å². The Morgan fingerprint density at radius 1 is 1.50 bits per heavy atom. The van der Waals surface area contributed by atoms with Crippen LogP contribution in [0, 0.1) is 5.92 Å². The third-order valence-corrected chi connectivity index (χ3v) is 3.19. The summed E-state index contributed by atoms with van der Waals surface area (Å²) < 4.78 is 37.2. The lowest BCUT2D eigenvalue weighted by Gasteiger charge is -2.28. The standard InChI is InChI=1S/C12H19F3N2O/c1-8(2)10(16)7-11(18)17-5-3-9(4-6-17)12(13,14)15/h3,8,10H,4-7,16H2,1-2H3. The van der Waals surface area contributed by atoms with Crippen LogP contribution in [0.25, 0.3) is 0 Å². The highest BCUT2D eigenvalue weighted by Crippen LogP contribution is 2.30. The second-order valence-electron chi connectivity index (χ2n) is 4.93. The molecule has 1 rings (SSSR count). The summed E-state index contributed by atoms with van der Waals surface area (Å²) in [5.41, 5.74) is 5.24. The Labute approximate surface area is 105 Å². The number of alkyl halides is 3. The highest BCUT2D eigenvalue weighted by Gasteiger charge is 2.35. The molecule has 1 amide bonds. The monoisotopic (exact) mass is 264 g/mol. The number of carbonyl (C=O) groups excluding carboxylic acids is 1. The molecular formula is C12H19F3N2O. The van der Waals surface area contributed by atoms with Crippen molar-refractivity contribution in [1.82, 2.24) is 4.90 Å². The van der Waals surface area contributed by atoms with Crippen molar-refractivity contribution in [2.45, 2.75) is 38.9 Å². The van der Waals surface area contributed by atoms with Gasteiger partial charge in [-0.05, 0) is 12.3 Å². The van der Waals surface area contributed by atoms with E-state index in [-0.39, 0.29) is 43.8 Å². The number of rotatable bonds is 3. The van der Waals surface area contributed by atoms with Gasteiger partial charge in [-0.25, -0.2) is 0 Å². The summed E-state index contributed by atoms with van der Waals surface area (Å²) in [5, 5.41) is 0. The van der Waals surface area contributed by atoms with Crippen molar-refractivity contribution in [1.29, 1.82) is 0 Å². The average molecular weight is 264 g/mol. The van der Waals surface area contributed by atoms with Gasteiger partial charge in [-0.3, -0.25) is 4.79 Å². The first-order chi connectivity index (χ1) is 8.21. The van der Waals surface area contributed by atoms with E-state index in [0.29, 0.717) is 0 Å². The van der Waals surface area contributed by atoms with E-state index in [1.54, 1.807) is 0 Å². The molecule has 1 aliphatic heterocycles. The van der Waals surface area contributed by atoms with Crippen molar-refractivity contribution in [2.75, 3.05) is 13.1 Å². The zero-order valence-electron chi connectivity index (χ0n) is 10.6. The Hall–Kier alpha value is -1.04. The fourth-order valence-electron chi connectivity index (χ4n) is 1.72. The molecule has 0 aromatic carbocycles. The first kappa shape index (κ1) is 15.0. The lowest BCUT2D eigenvalue weighted by molar-refractivity contribution is -0.132. The Balaban J connectivity index is 2.53. The second kappa shape index (κ2) is 5.73. The van der Waals surface area contributed by atoms with Gasteiger partial charge in [0, 0.05) is 31.1 Å². The van der Waals surface area contributed by atoms with Crippen molar-refractivity contribution in [3.8, 4) is 0 Å². The van der Waals surface area contributed by atoms with Gasteiger partial charge in [-0.1, -0.05) is 19.9 Å². The minimum Gasteiger partial charge on any atom is -0.339 e. The van der Waals surface area contributed by atoms with E-state index >= 15 is 0 Å². The summed E-state index contributed by atoms with van der Waals surface area (Å²) in [6, 6.07) is -0.245. The van der Waals surface area contributed by atoms with Gasteiger partial charge in [-0.15, -0.1) is 0 Å². The molecule has 0 aromatic heterocycles. The lowest BCUT2D eigenvalue weighted by Crippen LogP contribution is -2.40. The van der Waals surface area contributed by atoms with Crippen LogP contribution < -0.4 is 5.73 Å². The van der Waals surface area contributed by atoms with Gasteiger partial charge >= 0.3 is 6.18 Å². The van der Waals surface area contributed by atoms with Crippen LogP contribution in [-0.2, 0) is 4.79 Å². The first-order valence-electron chi connectivity index (χ1n) is 6.01. The maximum Gasteiger partial charge on any atom is 0.412 e. The minimum absolute atomic E-state index is 0.0263. The Bertz CT molecular complexity index is 337. The number of carbonyl (C=O) groups is 1. The van der Waals surface area contributed by atoms with Crippen LogP contribution in [0.15, 0.2) is 11.6 Å². The summed E-state index contributed by atoms with van der Waals surface area (Å²) >= 11 is 0. The molecule has 0 fully saturated rings. The maximum absolute atomic E-state index is 12.4. The highest BCUT2D eigenvalue weighted by atomic mass is 19.4. The van der Waals surface area contributed by atoms with Crippen LogP contribution in [0.3, 0.4) is 0 Å². The molecule has 1 unspecified atom stereocenters. The maximum atomic E-state index is 12.4. The Morgan fingerprint density at radius 3 is 2.50 bits per heavy atom. The van der Waals surface area contributed by atoms with Crippen molar-refractivity contribution in [3.05, 3.63) is 11.6 Å². The van der Waals surface area contributed by atoms with Crippen LogP contribution in [0.2, 0.25) is 0 Å². The average Bonchev–Trinajstić information content (AvgIpc) is 2.27. The van der Waals surface area contributed by atoms with E-state index in [2.05, 4.69) is 0 Å². The summed E-state index contributed by atoms with van der Waals surface area (Å²) in [4.78, 5) is 13.2. The molecule has 0 saturated heterocycles. The molecule has 1 atom stereocenters. The van der Waals surface area contributed by atoms with Crippen molar-refractivity contribution in [2.24, 2.45) is 11.7 Å². The summed E-state index contributed by atoms with van der Waals surface area (Å²) in [6.07, 6.45) is -3.13. The predicted molar refractivity (Wildman–Crippen MR) is 62.8 cm³/mol. The van der Waals surface area contributed by atoms with Crippen LogP contribution in [-0.4, -0.2) is 36.1 Å². The fraction of sp³-hybridized carbons (Fsp3) is 0.750. The Morgan fingerprint density at radius 2 is 2.11 bits per heavy atom. The van der Waals surface area contributed by atoms with Crippen LogP contribution >= 0.6 is 0 Å². The highest BCUT2D eigenvalue weighted by molar-refractivity contribution is 5.77. The number of nitrogens with two attached hydrogens (primary N) is 1. The fourth-order valence-corrected chi connectivity index (χ4v) is 1.72. The van der Waals surface area contributed by atoms with Gasteiger partial charge in [0.1, 0.15) is 0 Å². The number of hydrogen-bond acceptors (Lipinski definition) is 2. The second-order valence-corrected chi connectivity index (χ2v) is 4.93. The number of hydrogen-bond donors (Lipinski definition) is 1. The third kappa shape index (κ3) is 4.01. The molecule has 2 N–H and O–H groups in total. The van der Waals surface area contributed by atoms with Gasteiger partial charge in [0.05, 0.1) is 0 Å². The molecular weight excluding hydrogens is 245 g/mol. The first-order valence-corrected chi connectivity index (χ1v) is 6.01. The summed E-state index contributed by atoms with van der Waals surface area (Å²) in [7, 11) is 0. The zero-order valence-corrected chi connectivity index (χ0v) is 10.6. The van der Waals surface area contributed by atoms with Crippen molar-refractivity contribution >= 4 is 5.91 Å². The predicted octanol–water partition coefficient (Wildman–Crippen LogP) is 2.08. The quantitative estimate of drug-likeness (QED) is 0.793. The lowest BCUT2D eigenvalue weighted by atomic mass is 10.0.